The number of pyridine rings is 2. The smallest absolute Gasteiger partial charge is 0.390 e. The molecule has 1 atom stereocenters. The Bertz CT molecular complexity index is 724. The lowest BCUT2D eigenvalue weighted by atomic mass is 9.53. The predicted molar refractivity (Wildman–Crippen MR) is 80.0 cm³/mol. The lowest BCUT2D eigenvalue weighted by Crippen LogP contribution is -2.56. The van der Waals surface area contributed by atoms with Gasteiger partial charge < -0.3 is 10.2 Å². The molecule has 0 spiro atoms. The molecular weight excluding hydrogens is 321 g/mol. The van der Waals surface area contributed by atoms with Crippen LogP contribution in [0.25, 0.3) is 0 Å². The minimum Gasteiger partial charge on any atom is -0.390 e. The molecule has 2 N–H and O–H groups in total. The van der Waals surface area contributed by atoms with Crippen molar-refractivity contribution in [1.29, 1.82) is 0 Å². The van der Waals surface area contributed by atoms with E-state index in [4.69, 9.17) is 0 Å². The molecule has 1 aliphatic carbocycles. The van der Waals surface area contributed by atoms with Crippen molar-refractivity contribution in [1.82, 2.24) is 9.97 Å². The number of hydrogen-bond acceptors (Lipinski definition) is 4. The van der Waals surface area contributed by atoms with Crippen LogP contribution in [-0.4, -0.2) is 25.8 Å². The summed E-state index contributed by atoms with van der Waals surface area (Å²) in [6.07, 6.45) is -2.82. The van der Waals surface area contributed by atoms with Gasteiger partial charge in [0.25, 0.3) is 0 Å². The Morgan fingerprint density at radius 2 is 1.83 bits per heavy atom. The molecule has 1 saturated carbocycles. The van der Waals surface area contributed by atoms with Gasteiger partial charge in [0, 0.05) is 17.8 Å². The molecule has 7 heteroatoms. The number of aliphatic hydroxyl groups is 2. The van der Waals surface area contributed by atoms with Crippen LogP contribution in [0.2, 0.25) is 0 Å². The van der Waals surface area contributed by atoms with Crippen LogP contribution in [0, 0.1) is 0 Å². The molecule has 0 aliphatic heterocycles. The minimum atomic E-state index is -4.57. The van der Waals surface area contributed by atoms with Crippen molar-refractivity contribution in [2.75, 3.05) is 0 Å². The summed E-state index contributed by atoms with van der Waals surface area (Å²) in [5.74, 6) is 0. The van der Waals surface area contributed by atoms with Crippen LogP contribution in [0.4, 0.5) is 13.2 Å². The Labute approximate surface area is 137 Å². The number of halogens is 3. The van der Waals surface area contributed by atoms with E-state index in [1.54, 1.807) is 25.1 Å². The Hall–Kier alpha value is -1.99. The topological polar surface area (TPSA) is 66.2 Å². The molecule has 0 saturated heterocycles. The van der Waals surface area contributed by atoms with Crippen LogP contribution < -0.4 is 0 Å². The van der Waals surface area contributed by atoms with E-state index in [-0.39, 0.29) is 12.8 Å². The van der Waals surface area contributed by atoms with E-state index in [0.29, 0.717) is 11.3 Å². The fraction of sp³-hybridized carbons (Fsp3) is 0.412. The van der Waals surface area contributed by atoms with E-state index < -0.39 is 29.0 Å². The van der Waals surface area contributed by atoms with Gasteiger partial charge in [-0.1, -0.05) is 6.07 Å². The third-order valence-corrected chi connectivity index (χ3v) is 4.51. The van der Waals surface area contributed by atoms with Gasteiger partial charge in [0.05, 0.1) is 11.3 Å². The maximum absolute atomic E-state index is 13.0. The fourth-order valence-corrected chi connectivity index (χ4v) is 3.58. The van der Waals surface area contributed by atoms with Gasteiger partial charge in [-0.25, -0.2) is 0 Å². The first-order valence-electron chi connectivity index (χ1n) is 7.49. The lowest BCUT2D eigenvalue weighted by Gasteiger charge is -2.54. The Kier molecular flexibility index (Phi) is 3.88. The molecule has 1 aliphatic rings. The Morgan fingerprint density at radius 3 is 2.38 bits per heavy atom. The zero-order valence-corrected chi connectivity index (χ0v) is 13.0. The molecule has 3 rings (SSSR count). The lowest BCUT2D eigenvalue weighted by molar-refractivity contribution is -0.142. The largest absolute Gasteiger partial charge is 0.433 e. The zero-order valence-electron chi connectivity index (χ0n) is 13.0. The average molecular weight is 338 g/mol. The summed E-state index contributed by atoms with van der Waals surface area (Å²) in [6.45, 7) is 1.60. The van der Waals surface area contributed by atoms with Gasteiger partial charge >= 0.3 is 6.18 Å². The molecule has 4 nitrogen and oxygen atoms in total. The molecule has 0 radical (unpaired) electrons. The van der Waals surface area contributed by atoms with Crippen LogP contribution >= 0.6 is 0 Å². The molecule has 2 heterocycles. The summed E-state index contributed by atoms with van der Waals surface area (Å²) in [7, 11) is 0. The molecule has 2 aromatic heterocycles. The second kappa shape index (κ2) is 5.53. The van der Waals surface area contributed by atoms with E-state index in [0.717, 1.165) is 12.3 Å². The number of rotatable bonds is 3. The number of aromatic nitrogens is 2. The number of nitrogens with zero attached hydrogens (tertiary/aromatic N) is 2. The van der Waals surface area contributed by atoms with Crippen molar-refractivity contribution in [2.24, 2.45) is 0 Å². The van der Waals surface area contributed by atoms with E-state index in [2.05, 4.69) is 9.97 Å². The second-order valence-corrected chi connectivity index (χ2v) is 6.59. The molecule has 0 unspecified atom stereocenters. The first-order valence-corrected chi connectivity index (χ1v) is 7.49. The standard InChI is InChI=1S/C17H17F3N2O2/c1-15(24)9-16(10-15,14(23)12-4-2-3-6-21-12)11-5-7-22-13(8-11)17(18,19)20/h2-8,14,23-24H,9-10H2,1H3/t14-,15-,16-/m1/s1. The van der Waals surface area contributed by atoms with Gasteiger partial charge in [0.1, 0.15) is 11.8 Å². The van der Waals surface area contributed by atoms with E-state index >= 15 is 0 Å². The minimum absolute atomic E-state index is 0.138. The van der Waals surface area contributed by atoms with Crippen molar-refractivity contribution < 1.29 is 23.4 Å². The summed E-state index contributed by atoms with van der Waals surface area (Å²) in [5, 5.41) is 21.0. The van der Waals surface area contributed by atoms with E-state index in [9.17, 15) is 23.4 Å². The van der Waals surface area contributed by atoms with Crippen molar-refractivity contribution in [3.63, 3.8) is 0 Å². The first kappa shape index (κ1) is 16.9. The molecule has 0 aromatic carbocycles. The van der Waals surface area contributed by atoms with E-state index in [1.165, 1.54) is 12.3 Å². The van der Waals surface area contributed by atoms with Crippen molar-refractivity contribution in [2.45, 2.75) is 43.1 Å². The van der Waals surface area contributed by atoms with Crippen LogP contribution in [0.1, 0.15) is 42.8 Å². The highest BCUT2D eigenvalue weighted by atomic mass is 19.4. The highest BCUT2D eigenvalue weighted by Gasteiger charge is 2.57. The fourth-order valence-electron chi connectivity index (χ4n) is 3.58. The van der Waals surface area contributed by atoms with Gasteiger partial charge in [0.15, 0.2) is 0 Å². The van der Waals surface area contributed by atoms with Gasteiger partial charge in [-0.3, -0.25) is 9.97 Å². The molecule has 1 fully saturated rings. The monoisotopic (exact) mass is 338 g/mol. The summed E-state index contributed by atoms with van der Waals surface area (Å²) in [5.41, 5.74) is -2.43. The Balaban J connectivity index is 2.05. The molecule has 24 heavy (non-hydrogen) atoms. The highest BCUT2D eigenvalue weighted by Crippen LogP contribution is 2.56. The summed E-state index contributed by atoms with van der Waals surface area (Å²) >= 11 is 0. The van der Waals surface area contributed by atoms with Crippen molar-refractivity contribution in [3.05, 3.63) is 59.7 Å². The zero-order chi connectivity index (χ0) is 17.6. The highest BCUT2D eigenvalue weighted by molar-refractivity contribution is 5.36. The van der Waals surface area contributed by atoms with Crippen LogP contribution in [0.3, 0.4) is 0 Å². The van der Waals surface area contributed by atoms with Gasteiger partial charge in [-0.05, 0) is 49.6 Å². The summed E-state index contributed by atoms with van der Waals surface area (Å²) < 4.78 is 38.9. The van der Waals surface area contributed by atoms with Crippen LogP contribution in [-0.2, 0) is 11.6 Å². The van der Waals surface area contributed by atoms with Gasteiger partial charge in [-0.15, -0.1) is 0 Å². The first-order chi connectivity index (χ1) is 11.1. The molecule has 0 bridgehead atoms. The third-order valence-electron chi connectivity index (χ3n) is 4.51. The number of hydrogen-bond donors (Lipinski definition) is 2. The maximum Gasteiger partial charge on any atom is 0.433 e. The quantitative estimate of drug-likeness (QED) is 0.903. The number of aliphatic hydroxyl groups excluding tert-OH is 1. The molecule has 2 aromatic rings. The number of alkyl halides is 3. The predicted octanol–water partition coefficient (Wildman–Crippen LogP) is 3.01. The molecular formula is C17H17F3N2O2. The molecule has 128 valence electrons. The summed E-state index contributed by atoms with van der Waals surface area (Å²) in [6, 6.07) is 7.40. The second-order valence-electron chi connectivity index (χ2n) is 6.59. The van der Waals surface area contributed by atoms with Gasteiger partial charge in [0.2, 0.25) is 0 Å². The maximum atomic E-state index is 13.0. The SMILES string of the molecule is C[C@]1(O)C[C@](c2ccnc(C(F)(F)F)c2)([C@H](O)c2ccccn2)C1. The van der Waals surface area contributed by atoms with E-state index in [1.807, 2.05) is 0 Å². The normalized spacial score (nSPS) is 28.2. The summed E-state index contributed by atoms with van der Waals surface area (Å²) in [4.78, 5) is 7.47. The average Bonchev–Trinajstić information content (AvgIpc) is 2.51. The van der Waals surface area contributed by atoms with Crippen LogP contribution in [0.15, 0.2) is 42.7 Å². The molecule has 0 amide bonds. The van der Waals surface area contributed by atoms with Gasteiger partial charge in [-0.2, -0.15) is 13.2 Å². The van der Waals surface area contributed by atoms with Crippen LogP contribution in [0.5, 0.6) is 0 Å². The third kappa shape index (κ3) is 2.89. The van der Waals surface area contributed by atoms with Crippen molar-refractivity contribution in [3.8, 4) is 0 Å². The van der Waals surface area contributed by atoms with Crippen molar-refractivity contribution >= 4 is 0 Å². The Morgan fingerprint density at radius 1 is 1.12 bits per heavy atom.